The molecule has 1 aliphatic rings. The lowest BCUT2D eigenvalue weighted by molar-refractivity contribution is -0.118. The van der Waals surface area contributed by atoms with Gasteiger partial charge in [-0.2, -0.15) is 0 Å². The Bertz CT molecular complexity index is 814. The number of aryl methyl sites for hydroxylation is 1. The number of carbonyl (C=O) groups excluding carboxylic acids is 1. The molecule has 1 amide bonds. The van der Waals surface area contributed by atoms with Gasteiger partial charge in [-0.3, -0.25) is 4.79 Å². The molecule has 2 aromatic carbocycles. The highest BCUT2D eigenvalue weighted by atomic mass is 35.5. The first-order chi connectivity index (χ1) is 12.9. The van der Waals surface area contributed by atoms with E-state index in [0.29, 0.717) is 16.6 Å². The number of nitrogens with one attached hydrogen (secondary N) is 1. The molecule has 144 valence electrons. The van der Waals surface area contributed by atoms with E-state index in [1.54, 1.807) is 6.07 Å². The van der Waals surface area contributed by atoms with Crippen LogP contribution in [0.25, 0.3) is 0 Å². The third-order valence-electron chi connectivity index (χ3n) is 4.83. The van der Waals surface area contributed by atoms with Gasteiger partial charge in [0, 0.05) is 18.8 Å². The molecule has 1 fully saturated rings. The zero-order valence-corrected chi connectivity index (χ0v) is 17.0. The van der Waals surface area contributed by atoms with Crippen LogP contribution in [0.3, 0.4) is 0 Å². The second kappa shape index (κ2) is 8.66. The predicted molar refractivity (Wildman–Crippen MR) is 112 cm³/mol. The molecule has 0 unspecified atom stereocenters. The number of ether oxygens (including phenoxy) is 1. The maximum atomic E-state index is 12.3. The van der Waals surface area contributed by atoms with E-state index in [-0.39, 0.29) is 12.5 Å². The highest BCUT2D eigenvalue weighted by Gasteiger charge is 2.16. The van der Waals surface area contributed by atoms with Crippen molar-refractivity contribution in [3.63, 3.8) is 0 Å². The molecule has 0 radical (unpaired) electrons. The van der Waals surface area contributed by atoms with Crippen LogP contribution in [-0.4, -0.2) is 25.6 Å². The van der Waals surface area contributed by atoms with E-state index in [0.717, 1.165) is 35.7 Å². The van der Waals surface area contributed by atoms with Crippen LogP contribution in [0.15, 0.2) is 36.4 Å². The van der Waals surface area contributed by atoms with Crippen molar-refractivity contribution in [3.05, 3.63) is 52.5 Å². The van der Waals surface area contributed by atoms with Crippen LogP contribution < -0.4 is 15.0 Å². The van der Waals surface area contributed by atoms with Gasteiger partial charge in [-0.1, -0.05) is 37.6 Å². The zero-order chi connectivity index (χ0) is 19.4. The number of anilines is 2. The minimum Gasteiger partial charge on any atom is -0.483 e. The number of nitrogens with zero attached hydrogens (tertiary/aromatic N) is 1. The Morgan fingerprint density at radius 2 is 1.93 bits per heavy atom. The average molecular weight is 387 g/mol. The number of rotatable bonds is 6. The van der Waals surface area contributed by atoms with Crippen LogP contribution in [0.4, 0.5) is 11.4 Å². The Morgan fingerprint density at radius 1 is 1.19 bits per heavy atom. The molecule has 0 bridgehead atoms. The quantitative estimate of drug-likeness (QED) is 0.723. The van der Waals surface area contributed by atoms with Gasteiger partial charge in [0.05, 0.1) is 10.7 Å². The lowest BCUT2D eigenvalue weighted by Gasteiger charge is -2.19. The summed E-state index contributed by atoms with van der Waals surface area (Å²) < 4.78 is 5.80. The summed E-state index contributed by atoms with van der Waals surface area (Å²) in [5, 5.41) is 3.53. The Hall–Kier alpha value is -2.20. The van der Waals surface area contributed by atoms with Crippen molar-refractivity contribution < 1.29 is 9.53 Å². The third kappa shape index (κ3) is 4.95. The number of hydrogen-bond acceptors (Lipinski definition) is 3. The van der Waals surface area contributed by atoms with Gasteiger partial charge in [-0.25, -0.2) is 0 Å². The van der Waals surface area contributed by atoms with E-state index in [2.05, 4.69) is 36.2 Å². The fourth-order valence-corrected chi connectivity index (χ4v) is 3.68. The highest BCUT2D eigenvalue weighted by Crippen LogP contribution is 2.31. The molecule has 3 rings (SSSR count). The van der Waals surface area contributed by atoms with E-state index in [9.17, 15) is 4.79 Å². The lowest BCUT2D eigenvalue weighted by atomic mass is 10.0. The van der Waals surface area contributed by atoms with Crippen molar-refractivity contribution in [2.45, 2.75) is 39.5 Å². The smallest absolute Gasteiger partial charge is 0.262 e. The van der Waals surface area contributed by atoms with Gasteiger partial charge in [0.25, 0.3) is 5.91 Å². The maximum Gasteiger partial charge on any atom is 0.262 e. The Balaban J connectivity index is 1.61. The van der Waals surface area contributed by atoms with E-state index in [1.807, 2.05) is 25.1 Å². The first-order valence-electron chi connectivity index (χ1n) is 9.51. The fraction of sp³-hybridized carbons (Fsp3) is 0.409. The molecule has 5 heteroatoms. The van der Waals surface area contributed by atoms with Crippen LogP contribution in [0.5, 0.6) is 5.75 Å². The molecule has 1 heterocycles. The van der Waals surface area contributed by atoms with Crippen LogP contribution in [0, 0.1) is 6.92 Å². The SMILES string of the molecule is Cc1ccc(C(C)C)c(OCC(=O)Nc2ccc(N3CCCC3)c(Cl)c2)c1. The van der Waals surface area contributed by atoms with Crippen molar-refractivity contribution in [2.75, 3.05) is 29.9 Å². The summed E-state index contributed by atoms with van der Waals surface area (Å²) in [5.41, 5.74) is 3.93. The predicted octanol–water partition coefficient (Wildman–Crippen LogP) is 5.39. The monoisotopic (exact) mass is 386 g/mol. The first-order valence-corrected chi connectivity index (χ1v) is 9.89. The van der Waals surface area contributed by atoms with Gasteiger partial charge in [-0.15, -0.1) is 0 Å². The molecule has 27 heavy (non-hydrogen) atoms. The van der Waals surface area contributed by atoms with Gasteiger partial charge in [-0.05, 0) is 61.1 Å². The summed E-state index contributed by atoms with van der Waals surface area (Å²) in [6, 6.07) is 11.8. The summed E-state index contributed by atoms with van der Waals surface area (Å²) in [4.78, 5) is 14.6. The van der Waals surface area contributed by atoms with Gasteiger partial charge in [0.15, 0.2) is 6.61 Å². The molecule has 1 aliphatic heterocycles. The number of benzene rings is 2. The summed E-state index contributed by atoms with van der Waals surface area (Å²) >= 11 is 6.41. The molecule has 0 aliphatic carbocycles. The average Bonchev–Trinajstić information content (AvgIpc) is 3.14. The van der Waals surface area contributed by atoms with Crippen molar-refractivity contribution in [1.29, 1.82) is 0 Å². The van der Waals surface area contributed by atoms with Gasteiger partial charge in [0.1, 0.15) is 5.75 Å². The first kappa shape index (κ1) is 19.6. The van der Waals surface area contributed by atoms with Crippen molar-refractivity contribution in [3.8, 4) is 5.75 Å². The van der Waals surface area contributed by atoms with Crippen molar-refractivity contribution >= 4 is 28.9 Å². The largest absolute Gasteiger partial charge is 0.483 e. The molecule has 2 aromatic rings. The van der Waals surface area contributed by atoms with Gasteiger partial charge >= 0.3 is 0 Å². The highest BCUT2D eigenvalue weighted by molar-refractivity contribution is 6.33. The summed E-state index contributed by atoms with van der Waals surface area (Å²) in [5.74, 6) is 0.902. The minimum atomic E-state index is -0.198. The third-order valence-corrected chi connectivity index (χ3v) is 5.13. The minimum absolute atomic E-state index is 0.0331. The van der Waals surface area contributed by atoms with Crippen molar-refractivity contribution in [2.24, 2.45) is 0 Å². The summed E-state index contributed by atoms with van der Waals surface area (Å²) in [6.45, 7) is 8.28. The van der Waals surface area contributed by atoms with Crippen LogP contribution in [0.1, 0.15) is 43.7 Å². The Kier molecular flexibility index (Phi) is 6.27. The number of amides is 1. The second-order valence-corrected chi connectivity index (χ2v) is 7.80. The fourth-order valence-electron chi connectivity index (χ4n) is 3.38. The number of halogens is 1. The molecule has 0 aromatic heterocycles. The van der Waals surface area contributed by atoms with Crippen LogP contribution in [-0.2, 0) is 4.79 Å². The summed E-state index contributed by atoms with van der Waals surface area (Å²) in [7, 11) is 0. The molecule has 4 nitrogen and oxygen atoms in total. The number of carbonyl (C=O) groups is 1. The Morgan fingerprint density at radius 3 is 2.59 bits per heavy atom. The van der Waals surface area contributed by atoms with E-state index in [4.69, 9.17) is 16.3 Å². The maximum absolute atomic E-state index is 12.3. The standard InChI is InChI=1S/C22H27ClN2O2/c1-15(2)18-8-6-16(3)12-21(18)27-14-22(26)24-17-7-9-20(19(23)13-17)25-10-4-5-11-25/h6-9,12-13,15H,4-5,10-11,14H2,1-3H3,(H,24,26). The molecular formula is C22H27ClN2O2. The zero-order valence-electron chi connectivity index (χ0n) is 16.2. The molecular weight excluding hydrogens is 360 g/mol. The van der Waals surface area contributed by atoms with Crippen LogP contribution >= 0.6 is 11.6 Å². The van der Waals surface area contributed by atoms with Gasteiger partial charge in [0.2, 0.25) is 0 Å². The summed E-state index contributed by atoms with van der Waals surface area (Å²) in [6.07, 6.45) is 2.40. The van der Waals surface area contributed by atoms with E-state index in [1.165, 1.54) is 12.8 Å². The van der Waals surface area contributed by atoms with Crippen LogP contribution in [0.2, 0.25) is 5.02 Å². The molecule has 0 saturated carbocycles. The second-order valence-electron chi connectivity index (χ2n) is 7.39. The lowest BCUT2D eigenvalue weighted by Crippen LogP contribution is -2.21. The van der Waals surface area contributed by atoms with E-state index >= 15 is 0 Å². The van der Waals surface area contributed by atoms with Crippen molar-refractivity contribution in [1.82, 2.24) is 0 Å². The molecule has 1 saturated heterocycles. The number of hydrogen-bond donors (Lipinski definition) is 1. The van der Waals surface area contributed by atoms with E-state index < -0.39 is 0 Å². The molecule has 0 spiro atoms. The Labute approximate surface area is 166 Å². The topological polar surface area (TPSA) is 41.6 Å². The molecule has 1 N–H and O–H groups in total. The normalized spacial score (nSPS) is 13.9. The molecule has 0 atom stereocenters. The van der Waals surface area contributed by atoms with Gasteiger partial charge < -0.3 is 15.0 Å².